The van der Waals surface area contributed by atoms with Crippen LogP contribution in [0.3, 0.4) is 0 Å². The van der Waals surface area contributed by atoms with E-state index in [0.29, 0.717) is 21.7 Å². The van der Waals surface area contributed by atoms with Gasteiger partial charge in [-0.15, -0.1) is 11.3 Å². The molecule has 4 rings (SSSR count). The van der Waals surface area contributed by atoms with E-state index in [1.54, 1.807) is 11.4 Å². The molecule has 0 fully saturated rings. The average molecular weight is 540 g/mol. The molecule has 0 bridgehead atoms. The molecule has 1 aromatic carbocycles. The zero-order valence-corrected chi connectivity index (χ0v) is 20.1. The van der Waals surface area contributed by atoms with Gasteiger partial charge in [-0.3, -0.25) is 9.59 Å². The summed E-state index contributed by atoms with van der Waals surface area (Å²) in [5.74, 6) is -3.16. The molecule has 3 heterocycles. The van der Waals surface area contributed by atoms with Gasteiger partial charge in [0.2, 0.25) is 5.95 Å². The van der Waals surface area contributed by atoms with Crippen molar-refractivity contribution in [2.75, 3.05) is 19.0 Å². The molecule has 3 N–H and O–H groups in total. The van der Waals surface area contributed by atoms with Gasteiger partial charge in [0.15, 0.2) is 0 Å². The van der Waals surface area contributed by atoms with Crippen LogP contribution in [0.15, 0.2) is 29.8 Å². The molecule has 0 spiro atoms. The first-order valence-electron chi connectivity index (χ1n) is 10.3. The number of primary amides is 1. The summed E-state index contributed by atoms with van der Waals surface area (Å²) in [6.45, 7) is -0.316. The molecule has 2 amide bonds. The topological polar surface area (TPSA) is 128 Å². The van der Waals surface area contributed by atoms with Crippen molar-refractivity contribution in [1.82, 2.24) is 14.9 Å². The third kappa shape index (κ3) is 5.11. The van der Waals surface area contributed by atoms with Crippen molar-refractivity contribution in [3.8, 4) is 10.6 Å². The van der Waals surface area contributed by atoms with Gasteiger partial charge in [0.05, 0.1) is 39.5 Å². The van der Waals surface area contributed by atoms with E-state index in [1.807, 2.05) is 0 Å². The Morgan fingerprint density at radius 3 is 2.64 bits per heavy atom. The fraction of sp³-hybridized carbons (Fsp3) is 0.227. The number of ether oxygens (including phenoxy) is 1. The Kier molecular flexibility index (Phi) is 6.87. The van der Waals surface area contributed by atoms with Crippen molar-refractivity contribution < 1.29 is 32.3 Å². The van der Waals surface area contributed by atoms with Gasteiger partial charge in [0.25, 0.3) is 5.91 Å². The van der Waals surface area contributed by atoms with E-state index in [4.69, 9.17) is 22.1 Å². The standard InChI is InChI=1S/C22H17ClF3N5O4S/c1-35-19(33)12-6-16(36-9-12)17-13(18(27)32)7-28-21(30-17)29-15-5-10-2-3-31(20(34)22(24,25)26)8-11(10)4-14(15)23/h4-7,9H,2-3,8H2,1H3,(H2,27,32)(H,28,29,30). The Labute approximate surface area is 211 Å². The SMILES string of the molecule is COC(=O)c1csc(-c2nc(Nc3cc4c(cc3Cl)CN(C(=O)C(F)(F)F)CC4)ncc2C(N)=O)c1. The molecule has 3 aromatic rings. The fourth-order valence-corrected chi connectivity index (χ4v) is 4.76. The Morgan fingerprint density at radius 1 is 1.22 bits per heavy atom. The summed E-state index contributed by atoms with van der Waals surface area (Å²) in [5.41, 5.74) is 7.54. The number of methoxy groups -OCH3 is 1. The second kappa shape index (κ2) is 9.74. The van der Waals surface area contributed by atoms with Crippen molar-refractivity contribution in [2.45, 2.75) is 19.1 Å². The number of fused-ring (bicyclic) bond motifs is 1. The Bertz CT molecular complexity index is 1380. The Morgan fingerprint density at radius 2 is 1.97 bits per heavy atom. The number of alkyl halides is 3. The maximum Gasteiger partial charge on any atom is 0.471 e. The Hall–Kier alpha value is -3.71. The number of aromatic nitrogens is 2. The lowest BCUT2D eigenvalue weighted by atomic mass is 9.99. The minimum atomic E-state index is -4.95. The molecule has 0 saturated heterocycles. The predicted octanol–water partition coefficient (Wildman–Crippen LogP) is 3.93. The average Bonchev–Trinajstić information content (AvgIpc) is 3.33. The van der Waals surface area contributed by atoms with Crippen LogP contribution in [0, 0.1) is 0 Å². The third-order valence-electron chi connectivity index (χ3n) is 5.39. The highest BCUT2D eigenvalue weighted by Crippen LogP contribution is 2.34. The second-order valence-electron chi connectivity index (χ2n) is 7.71. The predicted molar refractivity (Wildman–Crippen MR) is 125 cm³/mol. The van der Waals surface area contributed by atoms with Crippen LogP contribution in [-0.4, -0.2) is 52.5 Å². The molecule has 0 unspecified atom stereocenters. The van der Waals surface area contributed by atoms with Crippen LogP contribution in [-0.2, 0) is 22.5 Å². The number of nitrogens with two attached hydrogens (primary N) is 1. The molecular formula is C22H17ClF3N5O4S. The molecule has 2 aromatic heterocycles. The number of nitrogens with one attached hydrogen (secondary N) is 1. The van der Waals surface area contributed by atoms with Gasteiger partial charge in [-0.1, -0.05) is 11.6 Å². The number of amides is 2. The number of anilines is 2. The number of nitrogens with zero attached hydrogens (tertiary/aromatic N) is 3. The van der Waals surface area contributed by atoms with Crippen LogP contribution in [0.25, 0.3) is 10.6 Å². The summed E-state index contributed by atoms with van der Waals surface area (Å²) in [6.07, 6.45) is -3.52. The van der Waals surface area contributed by atoms with Gasteiger partial charge in [-0.25, -0.2) is 14.8 Å². The van der Waals surface area contributed by atoms with Gasteiger partial charge < -0.3 is 20.7 Å². The first kappa shape index (κ1) is 25.4. The summed E-state index contributed by atoms with van der Waals surface area (Å²) in [4.78, 5) is 45.0. The highest BCUT2D eigenvalue weighted by Gasteiger charge is 2.43. The third-order valence-corrected chi connectivity index (χ3v) is 6.64. The minimum absolute atomic E-state index is 0.0322. The molecule has 36 heavy (non-hydrogen) atoms. The molecule has 0 atom stereocenters. The van der Waals surface area contributed by atoms with Crippen LogP contribution in [0.2, 0.25) is 5.02 Å². The number of hydrogen-bond acceptors (Lipinski definition) is 8. The minimum Gasteiger partial charge on any atom is -0.465 e. The van der Waals surface area contributed by atoms with Crippen LogP contribution in [0.5, 0.6) is 0 Å². The van der Waals surface area contributed by atoms with Crippen molar-refractivity contribution >= 4 is 52.4 Å². The van der Waals surface area contributed by atoms with E-state index in [9.17, 15) is 27.6 Å². The summed E-state index contributed by atoms with van der Waals surface area (Å²) in [6, 6.07) is 4.64. The monoisotopic (exact) mass is 539 g/mol. The van der Waals surface area contributed by atoms with Crippen LogP contribution < -0.4 is 11.1 Å². The second-order valence-corrected chi connectivity index (χ2v) is 9.03. The molecular weight excluding hydrogens is 523 g/mol. The summed E-state index contributed by atoms with van der Waals surface area (Å²) in [5, 5.41) is 4.66. The van der Waals surface area contributed by atoms with E-state index in [2.05, 4.69) is 15.3 Å². The van der Waals surface area contributed by atoms with E-state index < -0.39 is 24.0 Å². The number of carbonyl (C=O) groups excluding carboxylic acids is 3. The number of carbonyl (C=O) groups is 3. The molecule has 188 valence electrons. The summed E-state index contributed by atoms with van der Waals surface area (Å²) >= 11 is 7.51. The largest absolute Gasteiger partial charge is 0.471 e. The number of benzene rings is 1. The lowest BCUT2D eigenvalue weighted by Gasteiger charge is -2.30. The first-order valence-corrected chi connectivity index (χ1v) is 11.5. The van der Waals surface area contributed by atoms with Crippen molar-refractivity contribution in [3.05, 3.63) is 57.1 Å². The number of halogens is 4. The van der Waals surface area contributed by atoms with Crippen molar-refractivity contribution in [1.29, 1.82) is 0 Å². The molecule has 0 radical (unpaired) electrons. The summed E-state index contributed by atoms with van der Waals surface area (Å²) in [7, 11) is 1.25. The quantitative estimate of drug-likeness (QED) is 0.470. The molecule has 14 heteroatoms. The maximum atomic E-state index is 12.8. The number of hydrogen-bond donors (Lipinski definition) is 2. The fourth-order valence-electron chi connectivity index (χ4n) is 3.64. The molecule has 1 aliphatic rings. The normalized spacial score (nSPS) is 13.2. The molecule has 9 nitrogen and oxygen atoms in total. The number of rotatable bonds is 5. The zero-order chi connectivity index (χ0) is 26.2. The van der Waals surface area contributed by atoms with Crippen molar-refractivity contribution in [2.24, 2.45) is 5.73 Å². The van der Waals surface area contributed by atoms with Gasteiger partial charge in [0.1, 0.15) is 0 Å². The summed E-state index contributed by atoms with van der Waals surface area (Å²) < 4.78 is 43.1. The van der Waals surface area contributed by atoms with E-state index >= 15 is 0 Å². The highest BCUT2D eigenvalue weighted by atomic mass is 35.5. The van der Waals surface area contributed by atoms with Gasteiger partial charge >= 0.3 is 18.1 Å². The molecule has 1 aliphatic heterocycles. The van der Waals surface area contributed by atoms with E-state index in [0.717, 1.165) is 16.2 Å². The van der Waals surface area contributed by atoms with Crippen molar-refractivity contribution in [3.63, 3.8) is 0 Å². The lowest BCUT2D eigenvalue weighted by molar-refractivity contribution is -0.186. The van der Waals surface area contributed by atoms with Gasteiger partial charge in [0, 0.05) is 24.7 Å². The molecule has 0 aliphatic carbocycles. The van der Waals surface area contributed by atoms with Crippen LogP contribution in [0.4, 0.5) is 24.8 Å². The van der Waals surface area contributed by atoms with Gasteiger partial charge in [-0.2, -0.15) is 13.2 Å². The number of thiophene rings is 1. The molecule has 0 saturated carbocycles. The van der Waals surface area contributed by atoms with Crippen LogP contribution >= 0.6 is 22.9 Å². The zero-order valence-electron chi connectivity index (χ0n) is 18.5. The highest BCUT2D eigenvalue weighted by molar-refractivity contribution is 7.13. The number of esters is 1. The maximum absolute atomic E-state index is 12.8. The van der Waals surface area contributed by atoms with Gasteiger partial charge in [-0.05, 0) is 35.7 Å². The van der Waals surface area contributed by atoms with E-state index in [1.165, 1.54) is 25.4 Å². The van der Waals surface area contributed by atoms with E-state index in [-0.39, 0.29) is 47.3 Å². The lowest BCUT2D eigenvalue weighted by Crippen LogP contribution is -2.43. The van der Waals surface area contributed by atoms with Crippen LogP contribution in [0.1, 0.15) is 31.8 Å². The smallest absolute Gasteiger partial charge is 0.465 e. The first-order chi connectivity index (χ1) is 17.0. The Balaban J connectivity index is 1.62.